The van der Waals surface area contributed by atoms with Gasteiger partial charge in [-0.05, 0) is 29.1 Å². The van der Waals surface area contributed by atoms with Crippen LogP contribution in [-0.2, 0) is 6.42 Å². The van der Waals surface area contributed by atoms with Gasteiger partial charge in [-0.25, -0.2) is 0 Å². The van der Waals surface area contributed by atoms with E-state index in [1.165, 1.54) is 16.3 Å². The van der Waals surface area contributed by atoms with Gasteiger partial charge in [0, 0.05) is 22.5 Å². The molecule has 1 nitrogen and oxygen atoms in total. The van der Waals surface area contributed by atoms with Crippen molar-refractivity contribution in [1.82, 2.24) is 4.98 Å². The largest absolute Gasteiger partial charge is 0.260 e. The van der Waals surface area contributed by atoms with Crippen LogP contribution in [0.3, 0.4) is 0 Å². The molecule has 88 valence electrons. The fraction of sp³-hybridized carbons (Fsp3) is 0.0625. The van der Waals surface area contributed by atoms with Gasteiger partial charge in [0.2, 0.25) is 0 Å². The maximum absolute atomic E-state index is 4.51. The number of hydrogen-bond donors (Lipinski definition) is 0. The third-order valence-corrected chi connectivity index (χ3v) is 3.57. The predicted octanol–water partition coefficient (Wildman–Crippen LogP) is 4.59. The van der Waals surface area contributed by atoms with E-state index in [4.69, 9.17) is 0 Å². The Morgan fingerprint density at radius 3 is 2.50 bits per heavy atom. The van der Waals surface area contributed by atoms with Crippen LogP contribution in [0.4, 0.5) is 0 Å². The third-order valence-electron chi connectivity index (χ3n) is 3.04. The second kappa shape index (κ2) is 4.91. The lowest BCUT2D eigenvalue weighted by Gasteiger charge is -2.05. The van der Waals surface area contributed by atoms with Crippen LogP contribution in [0, 0.1) is 0 Å². The van der Waals surface area contributed by atoms with E-state index < -0.39 is 0 Å². The highest BCUT2D eigenvalue weighted by Gasteiger charge is 2.03. The molecule has 3 rings (SSSR count). The molecule has 0 saturated heterocycles. The van der Waals surface area contributed by atoms with E-state index in [-0.39, 0.29) is 0 Å². The molecule has 2 heteroatoms. The predicted molar refractivity (Wildman–Crippen MR) is 78.7 cm³/mol. The number of benzene rings is 2. The van der Waals surface area contributed by atoms with Crippen LogP contribution < -0.4 is 0 Å². The van der Waals surface area contributed by atoms with Crippen LogP contribution in [0.25, 0.3) is 10.8 Å². The van der Waals surface area contributed by atoms with E-state index in [1.807, 2.05) is 6.20 Å². The van der Waals surface area contributed by atoms with Crippen molar-refractivity contribution in [2.75, 3.05) is 0 Å². The highest BCUT2D eigenvalue weighted by Crippen LogP contribution is 2.20. The molecule has 0 aliphatic rings. The number of fused-ring (bicyclic) bond motifs is 1. The number of nitrogens with zero attached hydrogens (tertiary/aromatic N) is 1. The highest BCUT2D eigenvalue weighted by molar-refractivity contribution is 9.10. The lowest BCUT2D eigenvalue weighted by atomic mass is 10.0. The summed E-state index contributed by atoms with van der Waals surface area (Å²) in [6, 6.07) is 18.8. The monoisotopic (exact) mass is 297 g/mol. The second-order valence-corrected chi connectivity index (χ2v) is 5.20. The highest BCUT2D eigenvalue weighted by atomic mass is 79.9. The van der Waals surface area contributed by atoms with Crippen LogP contribution in [0.2, 0.25) is 0 Å². The Labute approximate surface area is 115 Å². The lowest BCUT2D eigenvalue weighted by molar-refractivity contribution is 1.10. The van der Waals surface area contributed by atoms with Crippen molar-refractivity contribution >= 4 is 26.7 Å². The summed E-state index contributed by atoms with van der Waals surface area (Å²) in [5.41, 5.74) is 2.41. The molecule has 2 aromatic carbocycles. The maximum atomic E-state index is 4.51. The van der Waals surface area contributed by atoms with Crippen LogP contribution >= 0.6 is 15.9 Å². The molecule has 0 amide bonds. The maximum Gasteiger partial charge on any atom is 0.0525 e. The lowest BCUT2D eigenvalue weighted by Crippen LogP contribution is -1.93. The molecule has 0 unspecified atom stereocenters. The van der Waals surface area contributed by atoms with Gasteiger partial charge in [-0.3, -0.25) is 4.98 Å². The van der Waals surface area contributed by atoms with Gasteiger partial charge in [-0.2, -0.15) is 0 Å². The molecule has 0 atom stereocenters. The SMILES string of the molecule is Brc1ccc(Cc2nccc3ccccc23)cc1. The van der Waals surface area contributed by atoms with Gasteiger partial charge in [0.15, 0.2) is 0 Å². The van der Waals surface area contributed by atoms with Crippen molar-refractivity contribution in [2.45, 2.75) is 6.42 Å². The van der Waals surface area contributed by atoms with E-state index in [0.29, 0.717) is 0 Å². The Balaban J connectivity index is 2.02. The first-order valence-electron chi connectivity index (χ1n) is 5.90. The molecule has 1 heterocycles. The van der Waals surface area contributed by atoms with Gasteiger partial charge in [-0.1, -0.05) is 52.3 Å². The minimum Gasteiger partial charge on any atom is -0.260 e. The normalized spacial score (nSPS) is 10.7. The average Bonchev–Trinajstić information content (AvgIpc) is 2.42. The zero-order chi connectivity index (χ0) is 12.4. The molecule has 0 aliphatic carbocycles. The summed E-state index contributed by atoms with van der Waals surface area (Å²) in [5.74, 6) is 0. The molecule has 0 spiro atoms. The summed E-state index contributed by atoms with van der Waals surface area (Å²) in [5, 5.41) is 2.49. The van der Waals surface area contributed by atoms with Crippen molar-refractivity contribution in [3.63, 3.8) is 0 Å². The van der Waals surface area contributed by atoms with E-state index >= 15 is 0 Å². The van der Waals surface area contributed by atoms with Crippen LogP contribution in [0.1, 0.15) is 11.3 Å². The first-order valence-corrected chi connectivity index (χ1v) is 6.69. The quantitative estimate of drug-likeness (QED) is 0.674. The summed E-state index contributed by atoms with van der Waals surface area (Å²) < 4.78 is 1.11. The molecule has 3 aromatic rings. The van der Waals surface area contributed by atoms with E-state index in [2.05, 4.69) is 75.5 Å². The van der Waals surface area contributed by atoms with Crippen molar-refractivity contribution in [2.24, 2.45) is 0 Å². The van der Waals surface area contributed by atoms with E-state index in [9.17, 15) is 0 Å². The molecule has 1 aromatic heterocycles. The van der Waals surface area contributed by atoms with Crippen molar-refractivity contribution in [3.8, 4) is 0 Å². The summed E-state index contributed by atoms with van der Waals surface area (Å²) in [7, 11) is 0. The van der Waals surface area contributed by atoms with Crippen LogP contribution in [0.5, 0.6) is 0 Å². The third kappa shape index (κ3) is 2.29. The number of hydrogen-bond acceptors (Lipinski definition) is 1. The zero-order valence-corrected chi connectivity index (χ0v) is 11.4. The topological polar surface area (TPSA) is 12.9 Å². The molecular weight excluding hydrogens is 286 g/mol. The Morgan fingerprint density at radius 2 is 1.67 bits per heavy atom. The van der Waals surface area contributed by atoms with Crippen molar-refractivity contribution < 1.29 is 0 Å². The Kier molecular flexibility index (Phi) is 3.11. The smallest absolute Gasteiger partial charge is 0.0525 e. The van der Waals surface area contributed by atoms with Gasteiger partial charge in [0.05, 0.1) is 5.69 Å². The van der Waals surface area contributed by atoms with Gasteiger partial charge < -0.3 is 0 Å². The molecule has 0 N–H and O–H groups in total. The second-order valence-electron chi connectivity index (χ2n) is 4.28. The van der Waals surface area contributed by atoms with E-state index in [0.717, 1.165) is 16.6 Å². The molecular formula is C16H12BrN. The zero-order valence-electron chi connectivity index (χ0n) is 9.81. The first kappa shape index (κ1) is 11.4. The number of pyridine rings is 1. The Hall–Kier alpha value is -1.67. The van der Waals surface area contributed by atoms with Gasteiger partial charge in [0.25, 0.3) is 0 Å². The van der Waals surface area contributed by atoms with Crippen molar-refractivity contribution in [3.05, 3.63) is 76.5 Å². The fourth-order valence-electron chi connectivity index (χ4n) is 2.12. The fourth-order valence-corrected chi connectivity index (χ4v) is 2.38. The van der Waals surface area contributed by atoms with Crippen LogP contribution in [0.15, 0.2) is 65.3 Å². The molecule has 18 heavy (non-hydrogen) atoms. The molecule has 0 fully saturated rings. The average molecular weight is 298 g/mol. The summed E-state index contributed by atoms with van der Waals surface area (Å²) >= 11 is 3.46. The molecule has 0 aliphatic heterocycles. The van der Waals surface area contributed by atoms with Gasteiger partial charge in [0.1, 0.15) is 0 Å². The summed E-state index contributed by atoms with van der Waals surface area (Å²) in [6.45, 7) is 0. The van der Waals surface area contributed by atoms with Gasteiger partial charge >= 0.3 is 0 Å². The summed E-state index contributed by atoms with van der Waals surface area (Å²) in [6.07, 6.45) is 2.76. The number of rotatable bonds is 2. The number of aromatic nitrogens is 1. The Morgan fingerprint density at radius 1 is 0.889 bits per heavy atom. The minimum absolute atomic E-state index is 0.870. The van der Waals surface area contributed by atoms with Crippen LogP contribution in [-0.4, -0.2) is 4.98 Å². The first-order chi connectivity index (χ1) is 8.83. The van der Waals surface area contributed by atoms with E-state index in [1.54, 1.807) is 0 Å². The minimum atomic E-state index is 0.870. The number of halogens is 1. The molecule has 0 bridgehead atoms. The Bertz CT molecular complexity index is 669. The van der Waals surface area contributed by atoms with Crippen molar-refractivity contribution in [1.29, 1.82) is 0 Å². The summed E-state index contributed by atoms with van der Waals surface area (Å²) in [4.78, 5) is 4.51. The molecule has 0 saturated carbocycles. The molecule has 0 radical (unpaired) electrons. The van der Waals surface area contributed by atoms with Gasteiger partial charge in [-0.15, -0.1) is 0 Å². The standard InChI is InChI=1S/C16H12BrN/c17-14-7-5-12(6-8-14)11-16-15-4-2-1-3-13(15)9-10-18-16/h1-10H,11H2.